The van der Waals surface area contributed by atoms with Crippen LogP contribution in [0.5, 0.6) is 0 Å². The van der Waals surface area contributed by atoms with E-state index in [2.05, 4.69) is 9.68 Å². The van der Waals surface area contributed by atoms with Crippen molar-refractivity contribution in [1.29, 1.82) is 0 Å². The van der Waals surface area contributed by atoms with Crippen molar-refractivity contribution >= 4 is 23.2 Å². The highest BCUT2D eigenvalue weighted by Crippen LogP contribution is 1.84. The van der Waals surface area contributed by atoms with Crippen molar-refractivity contribution in [2.45, 2.75) is 0 Å². The smallest absolute Gasteiger partial charge is 0.185 e. The van der Waals surface area contributed by atoms with E-state index in [1.165, 1.54) is 0 Å². The standard InChI is InChI=1S/C4H8Cl2NO3/c5-1-3-9-7(8)10-4-2-6/h1-4H2/q+1. The summed E-state index contributed by atoms with van der Waals surface area (Å²) in [7, 11) is 0. The molecule has 0 aromatic heterocycles. The number of rotatable bonds is 6. The molecule has 0 rings (SSSR count). The Kier molecular flexibility index (Phi) is 6.74. The van der Waals surface area contributed by atoms with E-state index in [0.29, 0.717) is 0 Å². The van der Waals surface area contributed by atoms with Crippen LogP contribution in [-0.2, 0) is 9.68 Å². The average Bonchev–Trinajstić information content (AvgIpc) is 1.97. The van der Waals surface area contributed by atoms with Gasteiger partial charge in [-0.1, -0.05) is 0 Å². The lowest BCUT2D eigenvalue weighted by Crippen LogP contribution is -2.13. The maximum atomic E-state index is 10.3. The summed E-state index contributed by atoms with van der Waals surface area (Å²) >= 11 is 10.4. The van der Waals surface area contributed by atoms with E-state index >= 15 is 0 Å². The summed E-state index contributed by atoms with van der Waals surface area (Å²) < 4.78 is 0. The summed E-state index contributed by atoms with van der Waals surface area (Å²) in [4.78, 5) is 19.0. The number of halogens is 2. The van der Waals surface area contributed by atoms with Crippen molar-refractivity contribution < 1.29 is 14.8 Å². The maximum absolute atomic E-state index is 10.3. The molecule has 0 unspecified atom stereocenters. The zero-order valence-electron chi connectivity index (χ0n) is 5.26. The van der Waals surface area contributed by atoms with E-state index < -0.39 is 0 Å². The molecule has 0 heterocycles. The van der Waals surface area contributed by atoms with E-state index in [-0.39, 0.29) is 30.1 Å². The normalized spacial score (nSPS) is 9.00. The second-order valence-electron chi connectivity index (χ2n) is 1.27. The van der Waals surface area contributed by atoms with Crippen molar-refractivity contribution in [1.82, 2.24) is 0 Å². The van der Waals surface area contributed by atoms with Gasteiger partial charge in [-0.25, -0.2) is 0 Å². The van der Waals surface area contributed by atoms with Crippen molar-refractivity contribution in [2.75, 3.05) is 25.0 Å². The first kappa shape index (κ1) is 9.78. The molecule has 60 valence electrons. The molecule has 0 fully saturated rings. The van der Waals surface area contributed by atoms with Gasteiger partial charge >= 0.3 is 5.09 Å². The Morgan fingerprint density at radius 3 is 1.80 bits per heavy atom. The molecule has 0 spiro atoms. The molecule has 0 bridgehead atoms. The summed E-state index contributed by atoms with van der Waals surface area (Å²) in [5, 5.41) is 0.00472. The van der Waals surface area contributed by atoms with E-state index in [1.807, 2.05) is 0 Å². The minimum atomic E-state index is 0.00472. The minimum Gasteiger partial charge on any atom is -0.185 e. The Hall–Kier alpha value is -0.220. The second-order valence-corrected chi connectivity index (χ2v) is 2.02. The predicted octanol–water partition coefficient (Wildman–Crippen LogP) is 1.11. The van der Waals surface area contributed by atoms with Gasteiger partial charge in [0.25, 0.3) is 0 Å². The molecule has 0 amide bonds. The van der Waals surface area contributed by atoms with Crippen molar-refractivity contribution in [3.8, 4) is 0 Å². The molecule has 0 aromatic carbocycles. The Morgan fingerprint density at radius 1 is 1.10 bits per heavy atom. The number of alkyl halides is 2. The first-order chi connectivity index (χ1) is 4.81. The topological polar surface area (TPSA) is 38.5 Å². The van der Waals surface area contributed by atoms with Crippen molar-refractivity contribution in [3.63, 3.8) is 0 Å². The van der Waals surface area contributed by atoms with Crippen LogP contribution >= 0.6 is 23.2 Å². The second kappa shape index (κ2) is 6.89. The highest BCUT2D eigenvalue weighted by atomic mass is 35.5. The van der Waals surface area contributed by atoms with Crippen LogP contribution in [0.1, 0.15) is 0 Å². The fourth-order valence-electron chi connectivity index (χ4n) is 0.255. The van der Waals surface area contributed by atoms with E-state index in [4.69, 9.17) is 23.2 Å². The SMILES string of the molecule is O=[N+](OCCCl)OCCCl. The van der Waals surface area contributed by atoms with Gasteiger partial charge < -0.3 is 0 Å². The average molecular weight is 189 g/mol. The molecule has 0 N–H and O–H groups in total. The molecular weight excluding hydrogens is 181 g/mol. The third kappa shape index (κ3) is 5.91. The van der Waals surface area contributed by atoms with Gasteiger partial charge in [0.1, 0.15) is 4.91 Å². The first-order valence-corrected chi connectivity index (χ1v) is 3.73. The molecule has 0 saturated carbocycles. The summed E-state index contributed by atoms with van der Waals surface area (Å²) in [5.41, 5.74) is 0. The summed E-state index contributed by atoms with van der Waals surface area (Å²) in [6.07, 6.45) is 0. The van der Waals surface area contributed by atoms with E-state index in [1.54, 1.807) is 0 Å². The molecule has 10 heavy (non-hydrogen) atoms. The van der Waals surface area contributed by atoms with Gasteiger partial charge in [-0.3, -0.25) is 0 Å². The van der Waals surface area contributed by atoms with Gasteiger partial charge in [-0.15, -0.1) is 23.2 Å². The molecule has 0 aliphatic rings. The summed E-state index contributed by atoms with van der Waals surface area (Å²) in [6.45, 7) is 0.265. The lowest BCUT2D eigenvalue weighted by Gasteiger charge is -1.88. The number of hydrogen-bond donors (Lipinski definition) is 0. The van der Waals surface area contributed by atoms with Crippen molar-refractivity contribution in [2.24, 2.45) is 0 Å². The van der Waals surface area contributed by atoms with Crippen LogP contribution in [0.2, 0.25) is 0 Å². The third-order valence-electron chi connectivity index (χ3n) is 0.548. The van der Waals surface area contributed by atoms with E-state index in [9.17, 15) is 4.91 Å². The molecule has 0 radical (unpaired) electrons. The fraction of sp³-hybridized carbons (Fsp3) is 1.00. The zero-order valence-corrected chi connectivity index (χ0v) is 6.77. The van der Waals surface area contributed by atoms with Crippen LogP contribution in [0.4, 0.5) is 0 Å². The zero-order chi connectivity index (χ0) is 7.82. The van der Waals surface area contributed by atoms with Gasteiger partial charge in [0.05, 0.1) is 11.8 Å². The molecule has 0 saturated heterocycles. The van der Waals surface area contributed by atoms with Crippen LogP contribution in [0.3, 0.4) is 0 Å². The van der Waals surface area contributed by atoms with Crippen LogP contribution in [0.15, 0.2) is 0 Å². The summed E-state index contributed by atoms with van der Waals surface area (Å²) in [6, 6.07) is 0. The van der Waals surface area contributed by atoms with Crippen molar-refractivity contribution in [3.05, 3.63) is 4.91 Å². The lowest BCUT2D eigenvalue weighted by molar-refractivity contribution is -0.980. The molecule has 0 aliphatic heterocycles. The van der Waals surface area contributed by atoms with Gasteiger partial charge in [0.15, 0.2) is 13.2 Å². The highest BCUT2D eigenvalue weighted by Gasteiger charge is 2.09. The minimum absolute atomic E-state index is 0.00472. The molecule has 0 aliphatic carbocycles. The maximum Gasteiger partial charge on any atom is 0.477 e. The molecule has 0 atom stereocenters. The van der Waals surface area contributed by atoms with Crippen LogP contribution in [-0.4, -0.2) is 30.1 Å². The Bertz CT molecular complexity index is 90.5. The van der Waals surface area contributed by atoms with Gasteiger partial charge in [-0.05, 0) is 0 Å². The van der Waals surface area contributed by atoms with Gasteiger partial charge in [-0.2, -0.15) is 9.68 Å². The number of hydrogen-bond acceptors (Lipinski definition) is 3. The first-order valence-electron chi connectivity index (χ1n) is 2.66. The Labute approximate surface area is 68.5 Å². The van der Waals surface area contributed by atoms with Crippen LogP contribution < -0.4 is 0 Å². The molecular formula is C4H8Cl2NO3+. The largest absolute Gasteiger partial charge is 0.477 e. The van der Waals surface area contributed by atoms with E-state index in [0.717, 1.165) is 0 Å². The Balaban J connectivity index is 3.09. The van der Waals surface area contributed by atoms with Crippen LogP contribution in [0, 0.1) is 4.91 Å². The quantitative estimate of drug-likeness (QED) is 0.464. The highest BCUT2D eigenvalue weighted by molar-refractivity contribution is 6.18. The lowest BCUT2D eigenvalue weighted by atomic mass is 10.9. The van der Waals surface area contributed by atoms with Gasteiger partial charge in [0, 0.05) is 0 Å². The van der Waals surface area contributed by atoms with Crippen LogP contribution in [0.25, 0.3) is 0 Å². The summed E-state index contributed by atoms with van der Waals surface area (Å²) in [5.74, 6) is 0.506. The van der Waals surface area contributed by atoms with Gasteiger partial charge in [0.2, 0.25) is 0 Å². The molecule has 6 heteroatoms. The molecule has 4 nitrogen and oxygen atoms in total. The number of nitrogens with zero attached hydrogens (tertiary/aromatic N) is 1. The third-order valence-corrected chi connectivity index (χ3v) is 0.856. The Morgan fingerprint density at radius 2 is 1.50 bits per heavy atom. The predicted molar refractivity (Wildman–Crippen MR) is 37.0 cm³/mol. The monoisotopic (exact) mass is 188 g/mol. The molecule has 0 aromatic rings. The fourth-order valence-corrected chi connectivity index (χ4v) is 0.393.